The van der Waals surface area contributed by atoms with Gasteiger partial charge in [0.05, 0.1) is 22.4 Å². The van der Waals surface area contributed by atoms with Gasteiger partial charge in [-0.2, -0.15) is 0 Å². The van der Waals surface area contributed by atoms with Crippen LogP contribution >= 0.6 is 0 Å². The van der Waals surface area contributed by atoms with Crippen molar-refractivity contribution in [3.8, 4) is 5.75 Å². The van der Waals surface area contributed by atoms with Gasteiger partial charge in [-0.25, -0.2) is 12.8 Å². The first-order chi connectivity index (χ1) is 10.5. The highest BCUT2D eigenvalue weighted by Gasteiger charge is 2.19. The molecule has 0 amide bonds. The molecule has 2 aromatic carbocycles. The molecule has 0 aliphatic carbocycles. The van der Waals surface area contributed by atoms with E-state index in [2.05, 4.69) is 4.98 Å². The Bertz CT molecular complexity index is 955. The van der Waals surface area contributed by atoms with Crippen LogP contribution in [0.2, 0.25) is 0 Å². The number of rotatable bonds is 3. The van der Waals surface area contributed by atoms with Crippen molar-refractivity contribution in [2.45, 2.75) is 9.79 Å². The molecule has 0 bridgehead atoms. The van der Waals surface area contributed by atoms with E-state index >= 15 is 0 Å². The Balaban J connectivity index is 2.14. The van der Waals surface area contributed by atoms with Gasteiger partial charge < -0.3 is 4.74 Å². The summed E-state index contributed by atoms with van der Waals surface area (Å²) in [6, 6.07) is 11.7. The molecule has 112 valence electrons. The van der Waals surface area contributed by atoms with Crippen LogP contribution in [0.15, 0.2) is 64.5 Å². The number of hydrogen-bond donors (Lipinski definition) is 0. The summed E-state index contributed by atoms with van der Waals surface area (Å²) >= 11 is 0. The van der Waals surface area contributed by atoms with Crippen LogP contribution in [-0.2, 0) is 9.84 Å². The lowest BCUT2D eigenvalue weighted by Gasteiger charge is -2.07. The first-order valence-electron chi connectivity index (χ1n) is 6.45. The number of ether oxygens (including phenoxy) is 1. The van der Waals surface area contributed by atoms with E-state index in [0.29, 0.717) is 16.7 Å². The molecule has 3 rings (SSSR count). The highest BCUT2D eigenvalue weighted by molar-refractivity contribution is 7.91. The van der Waals surface area contributed by atoms with Crippen LogP contribution < -0.4 is 4.74 Å². The second-order valence-corrected chi connectivity index (χ2v) is 6.64. The predicted molar refractivity (Wildman–Crippen MR) is 80.1 cm³/mol. The van der Waals surface area contributed by atoms with Crippen LogP contribution in [0.25, 0.3) is 10.9 Å². The summed E-state index contributed by atoms with van der Waals surface area (Å²) in [4.78, 5) is 4.20. The van der Waals surface area contributed by atoms with E-state index in [0.717, 1.165) is 0 Å². The standard InChI is InChI=1S/C16H12FNO3S/c1-21-13-3-2-4-14(9-13)22(19,20)15-7-11-5-6-12(17)8-16(11)18-10-15/h2-10H,1H3. The van der Waals surface area contributed by atoms with Crippen LogP contribution in [0.1, 0.15) is 0 Å². The lowest BCUT2D eigenvalue weighted by molar-refractivity contribution is 0.413. The summed E-state index contributed by atoms with van der Waals surface area (Å²) in [6.07, 6.45) is 1.23. The lowest BCUT2D eigenvalue weighted by Crippen LogP contribution is -2.03. The fourth-order valence-corrected chi connectivity index (χ4v) is 3.40. The molecular weight excluding hydrogens is 305 g/mol. The molecule has 0 radical (unpaired) electrons. The average molecular weight is 317 g/mol. The molecule has 0 aliphatic rings. The Morgan fingerprint density at radius 3 is 2.64 bits per heavy atom. The van der Waals surface area contributed by atoms with Crippen molar-refractivity contribution in [2.24, 2.45) is 0 Å². The summed E-state index contributed by atoms with van der Waals surface area (Å²) in [5.41, 5.74) is 0.407. The van der Waals surface area contributed by atoms with Crippen molar-refractivity contribution in [1.82, 2.24) is 4.98 Å². The van der Waals surface area contributed by atoms with Gasteiger partial charge in [0.2, 0.25) is 9.84 Å². The van der Waals surface area contributed by atoms with Crippen molar-refractivity contribution in [1.29, 1.82) is 0 Å². The normalized spacial score (nSPS) is 11.5. The van der Waals surface area contributed by atoms with E-state index in [1.54, 1.807) is 12.1 Å². The second kappa shape index (κ2) is 5.38. The summed E-state index contributed by atoms with van der Waals surface area (Å²) in [5, 5.41) is 0.561. The number of benzene rings is 2. The minimum Gasteiger partial charge on any atom is -0.497 e. The van der Waals surface area contributed by atoms with Crippen molar-refractivity contribution in [2.75, 3.05) is 7.11 Å². The number of pyridine rings is 1. The molecule has 1 heterocycles. The summed E-state index contributed by atoms with van der Waals surface area (Å²) in [6.45, 7) is 0. The van der Waals surface area contributed by atoms with Crippen LogP contribution in [0.4, 0.5) is 4.39 Å². The van der Waals surface area contributed by atoms with Crippen molar-refractivity contribution in [3.63, 3.8) is 0 Å². The van der Waals surface area contributed by atoms with E-state index in [4.69, 9.17) is 4.74 Å². The second-order valence-electron chi connectivity index (χ2n) is 4.69. The molecule has 0 fully saturated rings. The van der Waals surface area contributed by atoms with E-state index in [-0.39, 0.29) is 9.79 Å². The van der Waals surface area contributed by atoms with Gasteiger partial charge in [-0.05, 0) is 36.4 Å². The van der Waals surface area contributed by atoms with Gasteiger partial charge in [-0.15, -0.1) is 0 Å². The van der Waals surface area contributed by atoms with Gasteiger partial charge in [0, 0.05) is 17.6 Å². The molecule has 22 heavy (non-hydrogen) atoms. The molecule has 0 atom stereocenters. The Labute approximate surface area is 127 Å². The maximum absolute atomic E-state index is 13.1. The first-order valence-corrected chi connectivity index (χ1v) is 7.93. The molecular formula is C16H12FNO3S. The number of nitrogens with zero attached hydrogens (tertiary/aromatic N) is 1. The van der Waals surface area contributed by atoms with E-state index in [9.17, 15) is 12.8 Å². The topological polar surface area (TPSA) is 56.3 Å². The largest absolute Gasteiger partial charge is 0.497 e. The van der Waals surface area contributed by atoms with Crippen LogP contribution in [0.5, 0.6) is 5.75 Å². The predicted octanol–water partition coefficient (Wildman–Crippen LogP) is 3.22. The SMILES string of the molecule is COc1cccc(S(=O)(=O)c2cnc3cc(F)ccc3c2)c1. The molecule has 0 aliphatic heterocycles. The number of halogens is 1. The number of methoxy groups -OCH3 is 1. The van der Waals surface area contributed by atoms with Gasteiger partial charge in [-0.3, -0.25) is 4.98 Å². The lowest BCUT2D eigenvalue weighted by atomic mass is 10.2. The molecule has 1 aromatic heterocycles. The third-order valence-corrected chi connectivity index (χ3v) is 5.00. The highest BCUT2D eigenvalue weighted by atomic mass is 32.2. The number of fused-ring (bicyclic) bond motifs is 1. The minimum atomic E-state index is -3.71. The van der Waals surface area contributed by atoms with Gasteiger partial charge in [0.25, 0.3) is 0 Å². The van der Waals surface area contributed by atoms with E-state index in [1.807, 2.05) is 0 Å². The minimum absolute atomic E-state index is 0.0554. The number of hydrogen-bond acceptors (Lipinski definition) is 4. The first kappa shape index (κ1) is 14.5. The zero-order valence-electron chi connectivity index (χ0n) is 11.7. The highest BCUT2D eigenvalue weighted by Crippen LogP contribution is 2.26. The zero-order valence-corrected chi connectivity index (χ0v) is 12.5. The van der Waals surface area contributed by atoms with Crippen molar-refractivity contribution >= 4 is 20.7 Å². The molecule has 6 heteroatoms. The Hall–Kier alpha value is -2.47. The Morgan fingerprint density at radius 2 is 1.86 bits per heavy atom. The van der Waals surface area contributed by atoms with Gasteiger partial charge in [0.1, 0.15) is 11.6 Å². The van der Waals surface area contributed by atoms with Gasteiger partial charge in [0.15, 0.2) is 0 Å². The average Bonchev–Trinajstić information content (AvgIpc) is 2.54. The molecule has 0 N–H and O–H groups in total. The summed E-state index contributed by atoms with van der Waals surface area (Å²) in [5.74, 6) is 0.0419. The van der Waals surface area contributed by atoms with Crippen LogP contribution in [0.3, 0.4) is 0 Å². The number of sulfone groups is 1. The molecule has 0 saturated carbocycles. The smallest absolute Gasteiger partial charge is 0.208 e. The maximum Gasteiger partial charge on any atom is 0.208 e. The van der Waals surface area contributed by atoms with Gasteiger partial charge in [-0.1, -0.05) is 6.07 Å². The monoisotopic (exact) mass is 317 g/mol. The summed E-state index contributed by atoms with van der Waals surface area (Å²) < 4.78 is 43.5. The molecule has 4 nitrogen and oxygen atoms in total. The molecule has 0 spiro atoms. The quantitative estimate of drug-likeness (QED) is 0.744. The van der Waals surface area contributed by atoms with E-state index in [1.165, 1.54) is 49.7 Å². The van der Waals surface area contributed by atoms with Crippen molar-refractivity contribution in [3.05, 3.63) is 60.5 Å². The summed E-state index contributed by atoms with van der Waals surface area (Å²) in [7, 11) is -2.24. The van der Waals surface area contributed by atoms with Gasteiger partial charge >= 0.3 is 0 Å². The Kier molecular flexibility index (Phi) is 3.54. The zero-order chi connectivity index (χ0) is 15.7. The van der Waals surface area contributed by atoms with Crippen LogP contribution in [-0.4, -0.2) is 20.5 Å². The fourth-order valence-electron chi connectivity index (χ4n) is 2.13. The Morgan fingerprint density at radius 1 is 1.05 bits per heavy atom. The third-order valence-electron chi connectivity index (χ3n) is 3.28. The van der Waals surface area contributed by atoms with Crippen molar-refractivity contribution < 1.29 is 17.5 Å². The third kappa shape index (κ3) is 2.53. The van der Waals surface area contributed by atoms with Crippen LogP contribution in [0, 0.1) is 5.82 Å². The molecule has 0 saturated heterocycles. The van der Waals surface area contributed by atoms with E-state index < -0.39 is 15.7 Å². The molecule has 0 unspecified atom stereocenters. The number of aromatic nitrogens is 1. The fraction of sp³-hybridized carbons (Fsp3) is 0.0625. The molecule has 3 aromatic rings. The maximum atomic E-state index is 13.1.